The summed E-state index contributed by atoms with van der Waals surface area (Å²) in [6.07, 6.45) is 13.6. The molecule has 7 atom stereocenters. The van der Waals surface area contributed by atoms with Crippen LogP contribution in [0.25, 0.3) is 0 Å². The van der Waals surface area contributed by atoms with Crippen molar-refractivity contribution in [3.8, 4) is 0 Å². The van der Waals surface area contributed by atoms with Crippen molar-refractivity contribution >= 4 is 25.3 Å². The van der Waals surface area contributed by atoms with E-state index in [-0.39, 0.29) is 0 Å². The van der Waals surface area contributed by atoms with Crippen LogP contribution in [0.4, 0.5) is 0 Å². The van der Waals surface area contributed by atoms with E-state index in [0.717, 1.165) is 17.8 Å². The summed E-state index contributed by atoms with van der Waals surface area (Å²) in [7, 11) is 0. The van der Waals surface area contributed by atoms with Crippen molar-refractivity contribution in [1.29, 1.82) is 0 Å². The molecule has 3 saturated carbocycles. The molecule has 4 rings (SSSR count). The van der Waals surface area contributed by atoms with Gasteiger partial charge in [-0.15, -0.1) is 0 Å². The zero-order valence-electron chi connectivity index (χ0n) is 13.5. The van der Waals surface area contributed by atoms with Gasteiger partial charge < -0.3 is 0 Å². The molecule has 0 heterocycles. The average molecular weight is 323 g/mol. The van der Waals surface area contributed by atoms with Crippen molar-refractivity contribution in [2.24, 2.45) is 28.6 Å². The first-order valence-electron chi connectivity index (χ1n) is 9.01. The van der Waals surface area contributed by atoms with Gasteiger partial charge in [0.25, 0.3) is 0 Å². The van der Waals surface area contributed by atoms with Crippen molar-refractivity contribution in [2.45, 2.75) is 75.7 Å². The third-order valence-electron chi connectivity index (χ3n) is 8.03. The van der Waals surface area contributed by atoms with Gasteiger partial charge in [0.1, 0.15) is 0 Å². The van der Waals surface area contributed by atoms with Gasteiger partial charge in [0.05, 0.1) is 0 Å². The molecule has 0 saturated heterocycles. The minimum absolute atomic E-state index is 0.498. The zero-order chi connectivity index (χ0) is 14.8. The first-order chi connectivity index (χ1) is 9.95. The first kappa shape index (κ1) is 15.0. The number of hydrogen-bond donors (Lipinski definition) is 2. The highest BCUT2D eigenvalue weighted by atomic mass is 32.1. The van der Waals surface area contributed by atoms with Crippen molar-refractivity contribution in [1.82, 2.24) is 0 Å². The second-order valence-corrected chi connectivity index (χ2v) is 10.1. The monoisotopic (exact) mass is 322 g/mol. The van der Waals surface area contributed by atoms with Crippen LogP contribution in [-0.2, 0) is 0 Å². The molecule has 0 unspecified atom stereocenters. The van der Waals surface area contributed by atoms with E-state index in [1.165, 1.54) is 51.4 Å². The molecule has 0 aromatic heterocycles. The van der Waals surface area contributed by atoms with Crippen LogP contribution < -0.4 is 0 Å². The Balaban J connectivity index is 1.68. The molecular formula is C19H30S2. The quantitative estimate of drug-likeness (QED) is 0.424. The molecule has 21 heavy (non-hydrogen) atoms. The highest BCUT2D eigenvalue weighted by molar-refractivity contribution is 7.81. The fraction of sp³-hybridized carbons (Fsp3) is 0.895. The van der Waals surface area contributed by atoms with E-state index in [1.807, 2.05) is 0 Å². The Kier molecular flexibility index (Phi) is 3.55. The lowest BCUT2D eigenvalue weighted by molar-refractivity contribution is -0.0225. The summed E-state index contributed by atoms with van der Waals surface area (Å²) in [5, 5.41) is 1.26. The standard InChI is InChI=1S/C19H30S2/c1-18-9-7-13(20)11-12(18)3-4-14-15-5-6-17(21)19(15,2)10-8-16(14)18/h3,13-17,20-21H,4-11H2,1-2H3/t13-,14-,15-,16-,17-,18-,19-/m0/s1. The lowest BCUT2D eigenvalue weighted by Crippen LogP contribution is -2.50. The normalized spacial score (nSPS) is 56.2. The minimum atomic E-state index is 0.498. The molecule has 0 aliphatic heterocycles. The van der Waals surface area contributed by atoms with Gasteiger partial charge in [-0.05, 0) is 80.0 Å². The molecule has 2 heteroatoms. The lowest BCUT2D eigenvalue weighted by atomic mass is 9.48. The van der Waals surface area contributed by atoms with Gasteiger partial charge >= 0.3 is 0 Å². The molecular weight excluding hydrogens is 292 g/mol. The number of fused-ring (bicyclic) bond motifs is 5. The van der Waals surface area contributed by atoms with Crippen LogP contribution in [0.3, 0.4) is 0 Å². The van der Waals surface area contributed by atoms with Gasteiger partial charge in [0.15, 0.2) is 0 Å². The maximum Gasteiger partial charge on any atom is 0.00735 e. The van der Waals surface area contributed by atoms with Gasteiger partial charge in [-0.2, -0.15) is 25.3 Å². The van der Waals surface area contributed by atoms with Crippen LogP contribution in [0.5, 0.6) is 0 Å². The summed E-state index contributed by atoms with van der Waals surface area (Å²) in [6.45, 7) is 5.13. The van der Waals surface area contributed by atoms with Crippen molar-refractivity contribution in [2.75, 3.05) is 0 Å². The Morgan fingerprint density at radius 1 is 1.00 bits per heavy atom. The first-order valence-corrected chi connectivity index (χ1v) is 10.0. The Morgan fingerprint density at radius 3 is 2.62 bits per heavy atom. The second-order valence-electron chi connectivity index (χ2n) is 8.79. The largest absolute Gasteiger partial charge is 0.176 e. The number of hydrogen-bond acceptors (Lipinski definition) is 2. The summed E-state index contributed by atoms with van der Waals surface area (Å²) >= 11 is 9.72. The lowest BCUT2D eigenvalue weighted by Gasteiger charge is -2.57. The van der Waals surface area contributed by atoms with E-state index >= 15 is 0 Å². The fourth-order valence-electron chi connectivity index (χ4n) is 6.61. The summed E-state index contributed by atoms with van der Waals surface area (Å²) < 4.78 is 0. The third-order valence-corrected chi connectivity index (χ3v) is 9.32. The van der Waals surface area contributed by atoms with Gasteiger partial charge in [-0.3, -0.25) is 0 Å². The fourth-order valence-corrected chi connectivity index (χ4v) is 7.41. The highest BCUT2D eigenvalue weighted by Crippen LogP contribution is 2.65. The Bertz CT molecular complexity index is 470. The van der Waals surface area contributed by atoms with Crippen molar-refractivity contribution in [3.05, 3.63) is 11.6 Å². The molecule has 0 spiro atoms. The molecule has 0 radical (unpaired) electrons. The Morgan fingerprint density at radius 2 is 1.81 bits per heavy atom. The Labute approximate surface area is 141 Å². The van der Waals surface area contributed by atoms with Gasteiger partial charge in [0, 0.05) is 10.5 Å². The van der Waals surface area contributed by atoms with Crippen LogP contribution in [-0.4, -0.2) is 10.5 Å². The predicted octanol–water partition coefficient (Wildman–Crippen LogP) is 5.55. The van der Waals surface area contributed by atoms with Gasteiger partial charge in [-0.25, -0.2) is 0 Å². The summed E-state index contributed by atoms with van der Waals surface area (Å²) in [6, 6.07) is 0. The van der Waals surface area contributed by atoms with Crippen LogP contribution >= 0.6 is 25.3 Å². The van der Waals surface area contributed by atoms with Crippen LogP contribution in [0.2, 0.25) is 0 Å². The number of rotatable bonds is 0. The second kappa shape index (κ2) is 4.97. The van der Waals surface area contributed by atoms with Crippen LogP contribution in [0.15, 0.2) is 11.6 Å². The SMILES string of the molecule is C[C@]12CC[C@H]3[C@@H](CC=C4C[C@@H](S)CC[C@@]43C)[C@@H]1CC[C@@H]2S. The average Bonchev–Trinajstić information content (AvgIpc) is 2.76. The minimum Gasteiger partial charge on any atom is -0.176 e. The van der Waals surface area contributed by atoms with Crippen LogP contribution in [0, 0.1) is 28.6 Å². The van der Waals surface area contributed by atoms with E-state index in [1.54, 1.807) is 5.57 Å². The maximum atomic E-state index is 4.96. The van der Waals surface area contributed by atoms with E-state index in [0.29, 0.717) is 21.3 Å². The summed E-state index contributed by atoms with van der Waals surface area (Å²) in [4.78, 5) is 0. The number of allylic oxidation sites excluding steroid dienone is 2. The van der Waals surface area contributed by atoms with E-state index < -0.39 is 0 Å². The van der Waals surface area contributed by atoms with Crippen molar-refractivity contribution in [3.63, 3.8) is 0 Å². The molecule has 0 aromatic rings. The smallest absolute Gasteiger partial charge is 0.00735 e. The molecule has 0 N–H and O–H groups in total. The zero-order valence-corrected chi connectivity index (χ0v) is 15.3. The van der Waals surface area contributed by atoms with E-state index in [4.69, 9.17) is 25.3 Å². The number of thiol groups is 2. The van der Waals surface area contributed by atoms with Gasteiger partial charge in [-0.1, -0.05) is 25.5 Å². The molecule has 4 aliphatic rings. The maximum absolute atomic E-state index is 4.96. The molecule has 0 nitrogen and oxygen atoms in total. The highest BCUT2D eigenvalue weighted by Gasteiger charge is 2.57. The van der Waals surface area contributed by atoms with E-state index in [9.17, 15) is 0 Å². The third kappa shape index (κ3) is 2.04. The predicted molar refractivity (Wildman–Crippen MR) is 97.3 cm³/mol. The van der Waals surface area contributed by atoms with Gasteiger partial charge in [0.2, 0.25) is 0 Å². The Hall–Kier alpha value is 0.440. The van der Waals surface area contributed by atoms with Crippen LogP contribution in [0.1, 0.15) is 65.2 Å². The molecule has 3 fully saturated rings. The summed E-state index contributed by atoms with van der Waals surface area (Å²) in [5.41, 5.74) is 2.78. The van der Waals surface area contributed by atoms with E-state index in [2.05, 4.69) is 19.9 Å². The molecule has 4 aliphatic carbocycles. The molecule has 0 aromatic carbocycles. The molecule has 118 valence electrons. The molecule has 0 bridgehead atoms. The topological polar surface area (TPSA) is 0 Å². The molecule has 0 amide bonds. The summed E-state index contributed by atoms with van der Waals surface area (Å²) in [5.74, 6) is 2.81. The van der Waals surface area contributed by atoms with Crippen molar-refractivity contribution < 1.29 is 0 Å².